The third kappa shape index (κ3) is 4.13. The van der Waals surface area contributed by atoms with Crippen LogP contribution in [0.15, 0.2) is 29.2 Å². The van der Waals surface area contributed by atoms with Gasteiger partial charge in [-0.2, -0.15) is 0 Å². The number of rotatable bonds is 5. The number of hydrogen-bond acceptors (Lipinski definition) is 5. The fourth-order valence-electron chi connectivity index (χ4n) is 2.95. The van der Waals surface area contributed by atoms with Crippen LogP contribution in [-0.4, -0.2) is 31.5 Å². The molecule has 1 aromatic carbocycles. The number of benzene rings is 1. The molecule has 134 valence electrons. The van der Waals surface area contributed by atoms with Gasteiger partial charge in [-0.1, -0.05) is 0 Å². The van der Waals surface area contributed by atoms with Gasteiger partial charge in [0.2, 0.25) is 10.0 Å². The number of aromatic nitrogens is 2. The molecule has 0 radical (unpaired) electrons. The van der Waals surface area contributed by atoms with Crippen molar-refractivity contribution in [3.8, 4) is 0 Å². The van der Waals surface area contributed by atoms with Crippen LogP contribution >= 0.6 is 0 Å². The minimum atomic E-state index is -3.76. The number of hydrogen-bond donors (Lipinski definition) is 1. The molecule has 0 saturated carbocycles. The molecule has 25 heavy (non-hydrogen) atoms. The van der Waals surface area contributed by atoms with Crippen molar-refractivity contribution >= 4 is 15.8 Å². The van der Waals surface area contributed by atoms with Gasteiger partial charge in [-0.3, -0.25) is 0 Å². The van der Waals surface area contributed by atoms with E-state index >= 15 is 0 Å². The third-order valence-electron chi connectivity index (χ3n) is 4.16. The van der Waals surface area contributed by atoms with E-state index in [2.05, 4.69) is 19.6 Å². The van der Waals surface area contributed by atoms with Crippen LogP contribution in [0.3, 0.4) is 0 Å². The largest absolute Gasteiger partial charge is 0.357 e. The summed E-state index contributed by atoms with van der Waals surface area (Å²) in [5, 5.41) is 0. The van der Waals surface area contributed by atoms with Crippen molar-refractivity contribution in [2.75, 3.05) is 18.0 Å². The Morgan fingerprint density at radius 3 is 2.56 bits per heavy atom. The summed E-state index contributed by atoms with van der Waals surface area (Å²) in [6, 6.07) is 5.51. The molecular formula is C17H21FN4O2S. The second-order valence-corrected chi connectivity index (χ2v) is 7.95. The second kappa shape index (κ2) is 7.05. The number of halogens is 1. The molecule has 1 aromatic heterocycles. The van der Waals surface area contributed by atoms with E-state index in [0.29, 0.717) is 11.4 Å². The van der Waals surface area contributed by atoms with E-state index in [0.717, 1.165) is 43.5 Å². The molecule has 0 spiro atoms. The monoisotopic (exact) mass is 364 g/mol. The van der Waals surface area contributed by atoms with E-state index in [4.69, 9.17) is 0 Å². The van der Waals surface area contributed by atoms with Gasteiger partial charge in [0.1, 0.15) is 17.5 Å². The summed E-state index contributed by atoms with van der Waals surface area (Å²) >= 11 is 0. The quantitative estimate of drug-likeness (QED) is 0.881. The lowest BCUT2D eigenvalue weighted by atomic mass is 10.2. The van der Waals surface area contributed by atoms with E-state index in [1.165, 1.54) is 12.1 Å². The molecule has 2 heterocycles. The van der Waals surface area contributed by atoms with E-state index in [-0.39, 0.29) is 11.4 Å². The van der Waals surface area contributed by atoms with Crippen LogP contribution in [0.1, 0.15) is 29.9 Å². The zero-order valence-corrected chi connectivity index (χ0v) is 15.1. The van der Waals surface area contributed by atoms with Crippen LogP contribution in [-0.2, 0) is 16.6 Å². The van der Waals surface area contributed by atoms with Gasteiger partial charge < -0.3 is 4.90 Å². The number of nitrogens with one attached hydrogen (secondary N) is 1. The van der Waals surface area contributed by atoms with Gasteiger partial charge in [0.25, 0.3) is 0 Å². The summed E-state index contributed by atoms with van der Waals surface area (Å²) in [6.45, 7) is 5.32. The SMILES string of the molecule is Cc1cc(N2CCCC2)nc(CNS(=O)(=O)c2ccc(F)cc2C)n1. The lowest BCUT2D eigenvalue weighted by Crippen LogP contribution is -2.26. The third-order valence-corrected chi connectivity index (χ3v) is 5.73. The van der Waals surface area contributed by atoms with Gasteiger partial charge in [-0.15, -0.1) is 0 Å². The first-order valence-corrected chi connectivity index (χ1v) is 9.69. The summed E-state index contributed by atoms with van der Waals surface area (Å²) in [5.74, 6) is 0.788. The summed E-state index contributed by atoms with van der Waals surface area (Å²) < 4.78 is 40.6. The fourth-order valence-corrected chi connectivity index (χ4v) is 4.16. The Balaban J connectivity index is 1.78. The van der Waals surface area contributed by atoms with Gasteiger partial charge in [-0.25, -0.2) is 27.5 Å². The first kappa shape index (κ1) is 17.8. The molecule has 1 aliphatic rings. The molecule has 0 aliphatic carbocycles. The molecule has 3 rings (SSSR count). The highest BCUT2D eigenvalue weighted by Gasteiger charge is 2.19. The summed E-state index contributed by atoms with van der Waals surface area (Å²) in [6.07, 6.45) is 2.27. The van der Waals surface area contributed by atoms with Crippen molar-refractivity contribution in [2.24, 2.45) is 0 Å². The smallest absolute Gasteiger partial charge is 0.241 e. The predicted molar refractivity (Wildman–Crippen MR) is 93.4 cm³/mol. The van der Waals surface area contributed by atoms with Gasteiger partial charge in [0, 0.05) is 24.8 Å². The van der Waals surface area contributed by atoms with Crippen molar-refractivity contribution in [1.82, 2.24) is 14.7 Å². The molecule has 6 nitrogen and oxygen atoms in total. The molecule has 1 aliphatic heterocycles. The first-order chi connectivity index (χ1) is 11.8. The van der Waals surface area contributed by atoms with Crippen LogP contribution < -0.4 is 9.62 Å². The minimum Gasteiger partial charge on any atom is -0.357 e. The van der Waals surface area contributed by atoms with Crippen LogP contribution in [0.2, 0.25) is 0 Å². The van der Waals surface area contributed by atoms with E-state index < -0.39 is 15.8 Å². The summed E-state index contributed by atoms with van der Waals surface area (Å²) in [4.78, 5) is 11.0. The lowest BCUT2D eigenvalue weighted by molar-refractivity contribution is 0.577. The number of sulfonamides is 1. The Bertz CT molecular complexity index is 880. The standard InChI is InChI=1S/C17H21FN4O2S/c1-12-9-14(18)5-6-15(12)25(23,24)19-11-16-20-13(2)10-17(21-16)22-7-3-4-8-22/h5-6,9-10,19H,3-4,7-8,11H2,1-2H3. The second-order valence-electron chi connectivity index (χ2n) is 6.21. The van der Waals surface area contributed by atoms with Crippen molar-refractivity contribution in [2.45, 2.75) is 38.1 Å². The van der Waals surface area contributed by atoms with Crippen LogP contribution in [0, 0.1) is 19.7 Å². The zero-order valence-electron chi connectivity index (χ0n) is 14.3. The average molecular weight is 364 g/mol. The maximum absolute atomic E-state index is 13.2. The molecule has 8 heteroatoms. The van der Waals surface area contributed by atoms with Crippen molar-refractivity contribution in [3.05, 3.63) is 47.2 Å². The molecule has 0 amide bonds. The molecule has 1 N–H and O–H groups in total. The number of nitrogens with zero attached hydrogens (tertiary/aromatic N) is 3. The van der Waals surface area contributed by atoms with E-state index in [9.17, 15) is 12.8 Å². The molecule has 0 atom stereocenters. The topological polar surface area (TPSA) is 75.2 Å². The Morgan fingerprint density at radius 2 is 1.88 bits per heavy atom. The minimum absolute atomic E-state index is 0.0122. The van der Waals surface area contributed by atoms with Crippen LogP contribution in [0.4, 0.5) is 10.2 Å². The highest BCUT2D eigenvalue weighted by atomic mass is 32.2. The van der Waals surface area contributed by atoms with E-state index in [1.54, 1.807) is 6.92 Å². The Kier molecular flexibility index (Phi) is 5.01. The van der Waals surface area contributed by atoms with E-state index in [1.807, 2.05) is 13.0 Å². The molecule has 1 fully saturated rings. The molecule has 1 saturated heterocycles. The first-order valence-electron chi connectivity index (χ1n) is 8.20. The average Bonchev–Trinajstić information content (AvgIpc) is 3.07. The summed E-state index contributed by atoms with van der Waals surface area (Å²) in [7, 11) is -3.76. The predicted octanol–water partition coefficient (Wildman–Crippen LogP) is 2.31. The number of aryl methyl sites for hydroxylation is 2. The highest BCUT2D eigenvalue weighted by molar-refractivity contribution is 7.89. The van der Waals surface area contributed by atoms with Gasteiger partial charge >= 0.3 is 0 Å². The maximum Gasteiger partial charge on any atom is 0.241 e. The highest BCUT2D eigenvalue weighted by Crippen LogP contribution is 2.19. The summed E-state index contributed by atoms with van der Waals surface area (Å²) in [5.41, 5.74) is 1.15. The Hall–Kier alpha value is -2.06. The normalized spacial score (nSPS) is 14.9. The van der Waals surface area contributed by atoms with Gasteiger partial charge in [0.05, 0.1) is 11.4 Å². The van der Waals surface area contributed by atoms with Crippen molar-refractivity contribution < 1.29 is 12.8 Å². The Labute approximate surface area is 147 Å². The fraction of sp³-hybridized carbons (Fsp3) is 0.412. The molecule has 2 aromatic rings. The zero-order chi connectivity index (χ0) is 18.0. The maximum atomic E-state index is 13.2. The molecule has 0 bridgehead atoms. The number of anilines is 1. The van der Waals surface area contributed by atoms with Gasteiger partial charge in [-0.05, 0) is 50.5 Å². The van der Waals surface area contributed by atoms with Crippen molar-refractivity contribution in [3.63, 3.8) is 0 Å². The van der Waals surface area contributed by atoms with Gasteiger partial charge in [0.15, 0.2) is 0 Å². The van der Waals surface area contributed by atoms with Crippen molar-refractivity contribution in [1.29, 1.82) is 0 Å². The van der Waals surface area contributed by atoms with Crippen LogP contribution in [0.25, 0.3) is 0 Å². The molecular weight excluding hydrogens is 343 g/mol. The lowest BCUT2D eigenvalue weighted by Gasteiger charge is -2.17. The van der Waals surface area contributed by atoms with Crippen LogP contribution in [0.5, 0.6) is 0 Å². The Morgan fingerprint density at radius 1 is 1.16 bits per heavy atom. The molecule has 0 unspecified atom stereocenters.